The van der Waals surface area contributed by atoms with Crippen LogP contribution in [0.3, 0.4) is 0 Å². The molecule has 112 valence electrons. The van der Waals surface area contributed by atoms with Gasteiger partial charge in [0.05, 0.1) is 17.2 Å². The molecule has 0 atom stereocenters. The van der Waals surface area contributed by atoms with E-state index in [9.17, 15) is 9.59 Å². The fourth-order valence-corrected chi connectivity index (χ4v) is 2.33. The highest BCUT2D eigenvalue weighted by Crippen LogP contribution is 2.16. The standard InChI is InChI=1S/C18H12N2O3/c19-10-12-4-3-5-13(8-12)11-23-18(22)15-9-17(21)20-16-7-2-1-6-14(15)16/h1-9H,11H2,(H,20,21). The summed E-state index contributed by atoms with van der Waals surface area (Å²) in [6, 6.07) is 17.1. The van der Waals surface area contributed by atoms with E-state index >= 15 is 0 Å². The number of carbonyl (C=O) groups excluding carboxylic acids is 1. The first-order valence-corrected chi connectivity index (χ1v) is 6.95. The van der Waals surface area contributed by atoms with Gasteiger partial charge in [-0.3, -0.25) is 4.79 Å². The minimum absolute atomic E-state index is 0.0372. The largest absolute Gasteiger partial charge is 0.457 e. The van der Waals surface area contributed by atoms with E-state index in [0.717, 1.165) is 0 Å². The van der Waals surface area contributed by atoms with Crippen molar-refractivity contribution in [1.82, 2.24) is 4.98 Å². The predicted octanol–water partition coefficient (Wildman–Crippen LogP) is 2.76. The Balaban J connectivity index is 1.86. The van der Waals surface area contributed by atoms with E-state index < -0.39 is 5.97 Å². The molecule has 0 aliphatic rings. The van der Waals surface area contributed by atoms with E-state index in [1.54, 1.807) is 48.5 Å². The molecule has 0 saturated carbocycles. The number of H-pyrrole nitrogens is 1. The third-order valence-corrected chi connectivity index (χ3v) is 3.40. The van der Waals surface area contributed by atoms with Gasteiger partial charge in [-0.05, 0) is 23.8 Å². The Kier molecular flexibility index (Phi) is 3.89. The van der Waals surface area contributed by atoms with Crippen LogP contribution in [-0.4, -0.2) is 11.0 Å². The smallest absolute Gasteiger partial charge is 0.339 e. The molecular formula is C18H12N2O3. The number of carbonyl (C=O) groups is 1. The maximum absolute atomic E-state index is 12.3. The third-order valence-electron chi connectivity index (χ3n) is 3.40. The number of aromatic nitrogens is 1. The molecule has 0 fully saturated rings. The summed E-state index contributed by atoms with van der Waals surface area (Å²) in [4.78, 5) is 26.6. The number of hydrogen-bond donors (Lipinski definition) is 1. The van der Waals surface area contributed by atoms with Gasteiger partial charge in [0.15, 0.2) is 0 Å². The number of esters is 1. The van der Waals surface area contributed by atoms with E-state index in [4.69, 9.17) is 10.00 Å². The van der Waals surface area contributed by atoms with Crippen LogP contribution in [0.1, 0.15) is 21.5 Å². The summed E-state index contributed by atoms with van der Waals surface area (Å²) >= 11 is 0. The maximum atomic E-state index is 12.3. The van der Waals surface area contributed by atoms with Crippen molar-refractivity contribution < 1.29 is 9.53 Å². The number of benzene rings is 2. The molecule has 0 saturated heterocycles. The highest BCUT2D eigenvalue weighted by molar-refractivity contribution is 6.03. The number of ether oxygens (including phenoxy) is 1. The molecule has 0 bridgehead atoms. The molecule has 5 nitrogen and oxygen atoms in total. The summed E-state index contributed by atoms with van der Waals surface area (Å²) in [7, 11) is 0. The molecule has 0 unspecified atom stereocenters. The molecule has 0 radical (unpaired) electrons. The Morgan fingerprint density at radius 1 is 1.13 bits per heavy atom. The van der Waals surface area contributed by atoms with Gasteiger partial charge in [-0.25, -0.2) is 4.79 Å². The molecule has 0 aliphatic carbocycles. The Morgan fingerprint density at radius 2 is 1.96 bits per heavy atom. The zero-order valence-corrected chi connectivity index (χ0v) is 12.1. The molecule has 1 N–H and O–H groups in total. The number of fused-ring (bicyclic) bond motifs is 1. The van der Waals surface area contributed by atoms with Gasteiger partial charge in [0, 0.05) is 17.0 Å². The second kappa shape index (κ2) is 6.16. The van der Waals surface area contributed by atoms with Crippen LogP contribution >= 0.6 is 0 Å². The number of aromatic amines is 1. The molecular weight excluding hydrogens is 292 g/mol. The lowest BCUT2D eigenvalue weighted by molar-refractivity contribution is 0.0475. The normalized spacial score (nSPS) is 10.2. The number of para-hydroxylation sites is 1. The van der Waals surface area contributed by atoms with E-state index in [1.165, 1.54) is 6.07 Å². The van der Waals surface area contributed by atoms with Crippen LogP contribution in [0, 0.1) is 11.3 Å². The molecule has 0 aliphatic heterocycles. The number of nitrogens with one attached hydrogen (secondary N) is 1. The lowest BCUT2D eigenvalue weighted by atomic mass is 10.1. The van der Waals surface area contributed by atoms with Gasteiger partial charge in [-0.1, -0.05) is 30.3 Å². The molecule has 23 heavy (non-hydrogen) atoms. The number of nitrogens with zero attached hydrogens (tertiary/aromatic N) is 1. The zero-order chi connectivity index (χ0) is 16.2. The summed E-state index contributed by atoms with van der Waals surface area (Å²) in [6.07, 6.45) is 0. The summed E-state index contributed by atoms with van der Waals surface area (Å²) in [5, 5.41) is 9.50. The number of rotatable bonds is 3. The molecule has 1 heterocycles. The summed E-state index contributed by atoms with van der Waals surface area (Å²) in [6.45, 7) is 0.0372. The van der Waals surface area contributed by atoms with Crippen molar-refractivity contribution in [1.29, 1.82) is 5.26 Å². The Labute approximate surface area is 131 Å². The first-order chi connectivity index (χ1) is 11.2. The van der Waals surface area contributed by atoms with Crippen LogP contribution < -0.4 is 5.56 Å². The molecule has 2 aromatic carbocycles. The monoisotopic (exact) mass is 304 g/mol. The number of hydrogen-bond acceptors (Lipinski definition) is 4. The topological polar surface area (TPSA) is 82.9 Å². The van der Waals surface area contributed by atoms with Crippen LogP contribution in [0.25, 0.3) is 10.9 Å². The first kappa shape index (κ1) is 14.5. The van der Waals surface area contributed by atoms with Crippen molar-refractivity contribution >= 4 is 16.9 Å². The molecule has 5 heteroatoms. The number of nitriles is 1. The van der Waals surface area contributed by atoms with Crippen LogP contribution in [0.2, 0.25) is 0 Å². The van der Waals surface area contributed by atoms with E-state index in [1.807, 2.05) is 6.07 Å². The number of pyridine rings is 1. The molecule has 1 aromatic heterocycles. The van der Waals surface area contributed by atoms with Crippen molar-refractivity contribution in [3.63, 3.8) is 0 Å². The van der Waals surface area contributed by atoms with Gasteiger partial charge in [-0.15, -0.1) is 0 Å². The Hall–Kier alpha value is -3.39. The summed E-state index contributed by atoms with van der Waals surface area (Å²) < 4.78 is 5.28. The Bertz CT molecular complexity index is 983. The van der Waals surface area contributed by atoms with Crippen molar-refractivity contribution in [2.45, 2.75) is 6.61 Å². The fourth-order valence-electron chi connectivity index (χ4n) is 2.33. The quantitative estimate of drug-likeness (QED) is 0.754. The van der Waals surface area contributed by atoms with Crippen LogP contribution in [0.5, 0.6) is 0 Å². The highest BCUT2D eigenvalue weighted by atomic mass is 16.5. The van der Waals surface area contributed by atoms with Crippen molar-refractivity contribution in [3.8, 4) is 6.07 Å². The average Bonchev–Trinajstić information content (AvgIpc) is 2.59. The highest BCUT2D eigenvalue weighted by Gasteiger charge is 2.13. The molecule has 0 spiro atoms. The zero-order valence-electron chi connectivity index (χ0n) is 12.1. The van der Waals surface area contributed by atoms with Gasteiger partial charge >= 0.3 is 5.97 Å². The summed E-state index contributed by atoms with van der Waals surface area (Å²) in [5.41, 5.74) is 1.66. The van der Waals surface area contributed by atoms with Gasteiger partial charge in [-0.2, -0.15) is 5.26 Å². The third kappa shape index (κ3) is 3.11. The summed E-state index contributed by atoms with van der Waals surface area (Å²) in [5.74, 6) is -0.574. The van der Waals surface area contributed by atoms with Gasteiger partial charge in [0.25, 0.3) is 0 Å². The van der Waals surface area contributed by atoms with Crippen LogP contribution in [0.4, 0.5) is 0 Å². The lowest BCUT2D eigenvalue weighted by Crippen LogP contribution is -2.12. The average molecular weight is 304 g/mol. The van der Waals surface area contributed by atoms with Crippen LogP contribution in [-0.2, 0) is 11.3 Å². The van der Waals surface area contributed by atoms with Crippen molar-refractivity contribution in [2.75, 3.05) is 0 Å². The van der Waals surface area contributed by atoms with Gasteiger partial charge < -0.3 is 9.72 Å². The first-order valence-electron chi connectivity index (χ1n) is 6.95. The molecule has 0 amide bonds. The molecule has 3 aromatic rings. The second-order valence-corrected chi connectivity index (χ2v) is 4.98. The van der Waals surface area contributed by atoms with Crippen LogP contribution in [0.15, 0.2) is 59.4 Å². The van der Waals surface area contributed by atoms with Gasteiger partial charge in [0.2, 0.25) is 5.56 Å². The van der Waals surface area contributed by atoms with Crippen molar-refractivity contribution in [3.05, 3.63) is 81.6 Å². The minimum atomic E-state index is -0.574. The SMILES string of the molecule is N#Cc1cccc(COC(=O)c2cc(=O)[nH]c3ccccc23)c1. The Morgan fingerprint density at radius 3 is 2.78 bits per heavy atom. The van der Waals surface area contributed by atoms with E-state index in [0.29, 0.717) is 22.0 Å². The predicted molar refractivity (Wildman–Crippen MR) is 84.8 cm³/mol. The minimum Gasteiger partial charge on any atom is -0.457 e. The van der Waals surface area contributed by atoms with Gasteiger partial charge in [0.1, 0.15) is 6.61 Å². The second-order valence-electron chi connectivity index (χ2n) is 4.98. The van der Waals surface area contributed by atoms with E-state index in [-0.39, 0.29) is 17.7 Å². The lowest BCUT2D eigenvalue weighted by Gasteiger charge is -2.07. The van der Waals surface area contributed by atoms with E-state index in [2.05, 4.69) is 4.98 Å². The molecule has 3 rings (SSSR count). The fraction of sp³-hybridized carbons (Fsp3) is 0.0556. The van der Waals surface area contributed by atoms with Crippen molar-refractivity contribution in [2.24, 2.45) is 0 Å². The maximum Gasteiger partial charge on any atom is 0.339 e.